The van der Waals surface area contributed by atoms with Crippen LogP contribution in [0.1, 0.15) is 51.2 Å². The van der Waals surface area contributed by atoms with Gasteiger partial charge in [-0.1, -0.05) is 0 Å². The van der Waals surface area contributed by atoms with Crippen molar-refractivity contribution < 1.29 is 13.9 Å². The second-order valence-electron chi connectivity index (χ2n) is 9.25. The van der Waals surface area contributed by atoms with E-state index in [1.165, 1.54) is 5.56 Å². The SMILES string of the molecule is CC(C)(C)OC(=O)N1C2CCC1CN(c1cc3c(cc1F)CC(N)CC3)C2. The van der Waals surface area contributed by atoms with E-state index in [2.05, 4.69) is 4.90 Å². The van der Waals surface area contributed by atoms with Crippen LogP contribution in [0, 0.1) is 5.82 Å². The minimum Gasteiger partial charge on any atom is -0.444 e. The van der Waals surface area contributed by atoms with Gasteiger partial charge < -0.3 is 15.4 Å². The molecule has 0 saturated carbocycles. The number of rotatable bonds is 1. The van der Waals surface area contributed by atoms with Crippen molar-refractivity contribution >= 4 is 11.8 Å². The van der Waals surface area contributed by atoms with Crippen molar-refractivity contribution in [2.45, 2.75) is 76.6 Å². The summed E-state index contributed by atoms with van der Waals surface area (Å²) in [5.74, 6) is -0.173. The predicted molar refractivity (Wildman–Crippen MR) is 103 cm³/mol. The van der Waals surface area contributed by atoms with E-state index in [1.807, 2.05) is 31.7 Å². The van der Waals surface area contributed by atoms with E-state index in [1.54, 1.807) is 6.07 Å². The number of carbonyl (C=O) groups is 1. The Morgan fingerprint density at radius 1 is 1.15 bits per heavy atom. The highest BCUT2D eigenvalue weighted by Crippen LogP contribution is 2.36. The van der Waals surface area contributed by atoms with Crippen LogP contribution in [0.2, 0.25) is 0 Å². The number of fused-ring (bicyclic) bond motifs is 3. The summed E-state index contributed by atoms with van der Waals surface area (Å²) >= 11 is 0. The molecule has 1 aliphatic carbocycles. The van der Waals surface area contributed by atoms with Crippen molar-refractivity contribution in [1.29, 1.82) is 0 Å². The zero-order chi connectivity index (χ0) is 19.3. The smallest absolute Gasteiger partial charge is 0.410 e. The van der Waals surface area contributed by atoms with E-state index in [-0.39, 0.29) is 30.0 Å². The predicted octanol–water partition coefficient (Wildman–Crippen LogP) is 3.23. The number of hydrogen-bond donors (Lipinski definition) is 1. The molecule has 2 saturated heterocycles. The third-order valence-electron chi connectivity index (χ3n) is 5.96. The molecule has 0 aromatic heterocycles. The summed E-state index contributed by atoms with van der Waals surface area (Å²) in [7, 11) is 0. The number of anilines is 1. The third-order valence-corrected chi connectivity index (χ3v) is 5.96. The van der Waals surface area contributed by atoms with Crippen LogP contribution in [0.15, 0.2) is 12.1 Å². The molecule has 27 heavy (non-hydrogen) atoms. The number of piperazine rings is 1. The van der Waals surface area contributed by atoms with Gasteiger partial charge in [-0.3, -0.25) is 4.90 Å². The van der Waals surface area contributed by atoms with Gasteiger partial charge in [0, 0.05) is 19.1 Å². The van der Waals surface area contributed by atoms with E-state index in [9.17, 15) is 9.18 Å². The molecule has 1 aromatic rings. The fourth-order valence-electron chi connectivity index (χ4n) is 4.75. The van der Waals surface area contributed by atoms with Crippen molar-refractivity contribution in [3.8, 4) is 0 Å². The average molecular weight is 375 g/mol. The van der Waals surface area contributed by atoms with Crippen molar-refractivity contribution in [1.82, 2.24) is 4.90 Å². The zero-order valence-electron chi connectivity index (χ0n) is 16.5. The van der Waals surface area contributed by atoms with E-state index in [0.717, 1.165) is 37.7 Å². The molecular weight excluding hydrogens is 345 g/mol. The highest BCUT2D eigenvalue weighted by atomic mass is 19.1. The minimum atomic E-state index is -0.501. The van der Waals surface area contributed by atoms with Gasteiger partial charge in [0.15, 0.2) is 0 Å². The van der Waals surface area contributed by atoms with Crippen LogP contribution in [0.25, 0.3) is 0 Å². The highest BCUT2D eigenvalue weighted by Gasteiger charge is 2.44. The van der Waals surface area contributed by atoms with Crippen molar-refractivity contribution in [2.24, 2.45) is 5.73 Å². The first-order valence-electron chi connectivity index (χ1n) is 10.0. The first kappa shape index (κ1) is 18.5. The van der Waals surface area contributed by atoms with E-state index in [4.69, 9.17) is 10.5 Å². The summed E-state index contributed by atoms with van der Waals surface area (Å²) in [6.45, 7) is 6.97. The molecule has 2 heterocycles. The Labute approximate surface area is 160 Å². The van der Waals surface area contributed by atoms with Gasteiger partial charge in [0.05, 0.1) is 17.8 Å². The van der Waals surface area contributed by atoms with Gasteiger partial charge in [0.25, 0.3) is 0 Å². The van der Waals surface area contributed by atoms with Crippen LogP contribution in [-0.2, 0) is 17.6 Å². The lowest BCUT2D eigenvalue weighted by Gasteiger charge is -2.42. The van der Waals surface area contributed by atoms with Gasteiger partial charge in [0.1, 0.15) is 11.4 Å². The molecule has 3 aliphatic rings. The quantitative estimate of drug-likeness (QED) is 0.819. The van der Waals surface area contributed by atoms with Crippen molar-refractivity contribution in [3.05, 3.63) is 29.1 Å². The summed E-state index contributed by atoms with van der Waals surface area (Å²) in [5, 5.41) is 0. The molecule has 2 aliphatic heterocycles. The minimum absolute atomic E-state index is 0.0856. The van der Waals surface area contributed by atoms with Gasteiger partial charge in [-0.05, 0) is 76.1 Å². The van der Waals surface area contributed by atoms with Crippen molar-refractivity contribution in [2.75, 3.05) is 18.0 Å². The van der Waals surface area contributed by atoms with Gasteiger partial charge in [0.2, 0.25) is 0 Å². The number of nitrogens with two attached hydrogens (primary N) is 1. The third kappa shape index (κ3) is 3.64. The van der Waals surface area contributed by atoms with Gasteiger partial charge in [-0.15, -0.1) is 0 Å². The second-order valence-corrected chi connectivity index (χ2v) is 9.25. The maximum absolute atomic E-state index is 14.9. The number of amides is 1. The number of nitrogens with zero attached hydrogens (tertiary/aromatic N) is 2. The topological polar surface area (TPSA) is 58.8 Å². The van der Waals surface area contributed by atoms with Crippen LogP contribution in [0.4, 0.5) is 14.9 Å². The maximum atomic E-state index is 14.9. The van der Waals surface area contributed by atoms with Crippen LogP contribution in [-0.4, -0.2) is 47.8 Å². The van der Waals surface area contributed by atoms with E-state index < -0.39 is 5.60 Å². The number of hydrogen-bond acceptors (Lipinski definition) is 4. The largest absolute Gasteiger partial charge is 0.444 e. The Morgan fingerprint density at radius 3 is 2.44 bits per heavy atom. The molecule has 0 spiro atoms. The van der Waals surface area contributed by atoms with Crippen LogP contribution in [0.3, 0.4) is 0 Å². The number of aryl methyl sites for hydroxylation is 1. The summed E-state index contributed by atoms with van der Waals surface area (Å²) in [5.41, 5.74) is 8.46. The molecule has 2 fully saturated rings. The Kier molecular flexibility index (Phi) is 4.57. The van der Waals surface area contributed by atoms with E-state index in [0.29, 0.717) is 18.8 Å². The molecule has 0 radical (unpaired) electrons. The first-order chi connectivity index (χ1) is 12.7. The molecule has 3 unspecified atom stereocenters. The van der Waals surface area contributed by atoms with Gasteiger partial charge in [-0.25, -0.2) is 9.18 Å². The van der Waals surface area contributed by atoms with Crippen LogP contribution in [0.5, 0.6) is 0 Å². The monoisotopic (exact) mass is 375 g/mol. The lowest BCUT2D eigenvalue weighted by molar-refractivity contribution is 0.0123. The Balaban J connectivity index is 1.53. The van der Waals surface area contributed by atoms with E-state index >= 15 is 0 Å². The number of ether oxygens (including phenoxy) is 1. The van der Waals surface area contributed by atoms with Crippen LogP contribution >= 0.6 is 0 Å². The molecule has 4 rings (SSSR count). The lowest BCUT2D eigenvalue weighted by atomic mass is 9.88. The Bertz CT molecular complexity index is 732. The normalized spacial score (nSPS) is 27.5. The number of halogens is 1. The number of benzene rings is 1. The Hall–Kier alpha value is -1.82. The lowest BCUT2D eigenvalue weighted by Crippen LogP contribution is -2.57. The fourth-order valence-corrected chi connectivity index (χ4v) is 4.75. The summed E-state index contributed by atoms with van der Waals surface area (Å²) in [4.78, 5) is 16.6. The average Bonchev–Trinajstić information content (AvgIpc) is 2.83. The van der Waals surface area contributed by atoms with Gasteiger partial charge >= 0.3 is 6.09 Å². The molecule has 1 amide bonds. The summed E-state index contributed by atoms with van der Waals surface area (Å²) in [6, 6.07) is 3.99. The Morgan fingerprint density at radius 2 is 1.81 bits per heavy atom. The molecule has 3 atom stereocenters. The molecule has 2 N–H and O–H groups in total. The van der Waals surface area contributed by atoms with Crippen molar-refractivity contribution in [3.63, 3.8) is 0 Å². The molecule has 5 nitrogen and oxygen atoms in total. The second kappa shape index (κ2) is 6.66. The van der Waals surface area contributed by atoms with Crippen LogP contribution < -0.4 is 10.6 Å². The molecular formula is C21H30FN3O2. The molecule has 6 heteroatoms. The standard InChI is InChI=1S/C21H30FN3O2/c1-21(2,3)27-20(26)25-16-6-7-17(25)12-24(11-16)19-10-13-4-5-15(23)8-14(13)9-18(19)22/h9-10,15-17H,4-8,11-12,23H2,1-3H3. The maximum Gasteiger partial charge on any atom is 0.410 e. The number of carbonyl (C=O) groups excluding carboxylic acids is 1. The fraction of sp³-hybridized carbons (Fsp3) is 0.667. The molecule has 1 aromatic carbocycles. The highest BCUT2D eigenvalue weighted by molar-refractivity contribution is 5.70. The van der Waals surface area contributed by atoms with Gasteiger partial charge in [-0.2, -0.15) is 0 Å². The first-order valence-corrected chi connectivity index (χ1v) is 10.0. The molecule has 2 bridgehead atoms. The summed E-state index contributed by atoms with van der Waals surface area (Å²) < 4.78 is 20.4. The summed E-state index contributed by atoms with van der Waals surface area (Å²) in [6.07, 6.45) is 4.27. The zero-order valence-corrected chi connectivity index (χ0v) is 16.5. The molecule has 148 valence electrons.